The Kier molecular flexibility index (Phi) is 3.85. The van der Waals surface area contributed by atoms with E-state index in [-0.39, 0.29) is 0 Å². The smallest absolute Gasteiger partial charge is 0.0726 e. The van der Waals surface area contributed by atoms with E-state index in [4.69, 9.17) is 5.73 Å². The van der Waals surface area contributed by atoms with Crippen LogP contribution in [0.3, 0.4) is 0 Å². The van der Waals surface area contributed by atoms with Gasteiger partial charge in [-0.1, -0.05) is 18.2 Å². The molecule has 1 fully saturated rings. The number of pyridine rings is 1. The van der Waals surface area contributed by atoms with Crippen molar-refractivity contribution in [1.82, 2.24) is 9.88 Å². The maximum absolute atomic E-state index is 5.64. The molecular weight excluding hydrogens is 248 g/mol. The Morgan fingerprint density at radius 1 is 1.15 bits per heavy atom. The lowest BCUT2D eigenvalue weighted by molar-refractivity contribution is 0.265. The lowest BCUT2D eigenvalue weighted by atomic mass is 10.1. The van der Waals surface area contributed by atoms with Gasteiger partial charge in [0.2, 0.25) is 0 Å². The van der Waals surface area contributed by atoms with Gasteiger partial charge in [-0.15, -0.1) is 0 Å². The van der Waals surface area contributed by atoms with Crippen LogP contribution in [0, 0.1) is 6.92 Å². The maximum atomic E-state index is 5.64. The third-order valence-corrected chi connectivity index (χ3v) is 3.98. The van der Waals surface area contributed by atoms with Crippen molar-refractivity contribution in [3.8, 4) is 0 Å². The van der Waals surface area contributed by atoms with Crippen LogP contribution < -0.4 is 10.6 Å². The minimum Gasteiger partial charge on any atom is -0.368 e. The first-order valence-corrected chi connectivity index (χ1v) is 7.31. The molecule has 0 saturated carbocycles. The van der Waals surface area contributed by atoms with Crippen LogP contribution in [-0.4, -0.2) is 49.2 Å². The van der Waals surface area contributed by atoms with E-state index in [9.17, 15) is 0 Å². The second-order valence-electron chi connectivity index (χ2n) is 5.42. The number of benzene rings is 1. The van der Waals surface area contributed by atoms with E-state index in [1.54, 1.807) is 0 Å². The first-order chi connectivity index (χ1) is 9.78. The molecule has 3 rings (SSSR count). The highest BCUT2D eigenvalue weighted by atomic mass is 15.3. The van der Waals surface area contributed by atoms with Crippen LogP contribution in [0.15, 0.2) is 30.3 Å². The Hall–Kier alpha value is -1.65. The summed E-state index contributed by atoms with van der Waals surface area (Å²) >= 11 is 0. The summed E-state index contributed by atoms with van der Waals surface area (Å²) in [5, 5.41) is 1.25. The van der Waals surface area contributed by atoms with E-state index < -0.39 is 0 Å². The predicted molar refractivity (Wildman–Crippen MR) is 84.2 cm³/mol. The van der Waals surface area contributed by atoms with Crippen molar-refractivity contribution in [2.75, 3.05) is 44.2 Å². The lowest BCUT2D eigenvalue weighted by Crippen LogP contribution is -2.47. The summed E-state index contributed by atoms with van der Waals surface area (Å²) in [6.07, 6.45) is 0. The van der Waals surface area contributed by atoms with Gasteiger partial charge in [0.15, 0.2) is 0 Å². The van der Waals surface area contributed by atoms with Crippen molar-refractivity contribution in [3.05, 3.63) is 36.0 Å². The fourth-order valence-electron chi connectivity index (χ4n) is 2.94. The molecule has 0 bridgehead atoms. The molecule has 4 heteroatoms. The Balaban J connectivity index is 1.87. The third kappa shape index (κ3) is 2.62. The van der Waals surface area contributed by atoms with Gasteiger partial charge in [-0.3, -0.25) is 9.88 Å². The van der Waals surface area contributed by atoms with E-state index in [0.29, 0.717) is 0 Å². The first kappa shape index (κ1) is 13.3. The Bertz CT molecular complexity index is 588. The zero-order valence-corrected chi connectivity index (χ0v) is 12.0. The molecule has 0 radical (unpaired) electrons. The summed E-state index contributed by atoms with van der Waals surface area (Å²) in [6, 6.07) is 10.6. The molecule has 0 amide bonds. The van der Waals surface area contributed by atoms with Gasteiger partial charge in [-0.25, -0.2) is 0 Å². The average molecular weight is 270 g/mol. The molecule has 1 saturated heterocycles. The number of aryl methyl sites for hydroxylation is 1. The first-order valence-electron chi connectivity index (χ1n) is 7.31. The monoisotopic (exact) mass is 270 g/mol. The van der Waals surface area contributed by atoms with E-state index in [1.165, 1.54) is 11.1 Å². The van der Waals surface area contributed by atoms with Gasteiger partial charge in [0, 0.05) is 56.0 Å². The van der Waals surface area contributed by atoms with Crippen molar-refractivity contribution in [2.24, 2.45) is 5.73 Å². The van der Waals surface area contributed by atoms with Gasteiger partial charge in [0.05, 0.1) is 5.52 Å². The maximum Gasteiger partial charge on any atom is 0.0726 e. The largest absolute Gasteiger partial charge is 0.368 e. The summed E-state index contributed by atoms with van der Waals surface area (Å²) in [7, 11) is 0. The number of hydrogen-bond donors (Lipinski definition) is 1. The molecule has 1 aromatic heterocycles. The zero-order chi connectivity index (χ0) is 13.9. The van der Waals surface area contributed by atoms with Crippen LogP contribution in [-0.2, 0) is 0 Å². The van der Waals surface area contributed by atoms with Crippen molar-refractivity contribution in [3.63, 3.8) is 0 Å². The number of nitrogens with zero attached hydrogens (tertiary/aromatic N) is 3. The molecule has 106 valence electrons. The summed E-state index contributed by atoms with van der Waals surface area (Å²) in [6.45, 7) is 8.13. The van der Waals surface area contributed by atoms with E-state index in [2.05, 4.69) is 52.0 Å². The lowest BCUT2D eigenvalue weighted by Gasteiger charge is -2.36. The van der Waals surface area contributed by atoms with E-state index in [1.807, 2.05) is 0 Å². The number of aromatic nitrogens is 1. The fraction of sp³-hybridized carbons (Fsp3) is 0.438. The number of piperazine rings is 1. The molecule has 1 aliphatic heterocycles. The van der Waals surface area contributed by atoms with Gasteiger partial charge in [-0.2, -0.15) is 0 Å². The second-order valence-corrected chi connectivity index (χ2v) is 5.42. The minimum atomic E-state index is 0.747. The summed E-state index contributed by atoms with van der Waals surface area (Å²) in [5.41, 5.74) is 9.13. The van der Waals surface area contributed by atoms with Crippen LogP contribution in [0.25, 0.3) is 10.9 Å². The molecule has 4 nitrogen and oxygen atoms in total. The zero-order valence-electron chi connectivity index (χ0n) is 12.0. The topological polar surface area (TPSA) is 45.4 Å². The molecular formula is C16H22N4. The summed E-state index contributed by atoms with van der Waals surface area (Å²) < 4.78 is 0. The molecule has 2 N–H and O–H groups in total. The van der Waals surface area contributed by atoms with Crippen molar-refractivity contribution in [2.45, 2.75) is 6.92 Å². The average Bonchev–Trinajstić information content (AvgIpc) is 2.47. The molecule has 2 aromatic rings. The Morgan fingerprint density at radius 3 is 2.65 bits per heavy atom. The Morgan fingerprint density at radius 2 is 1.90 bits per heavy atom. The van der Waals surface area contributed by atoms with Gasteiger partial charge in [0.1, 0.15) is 0 Å². The van der Waals surface area contributed by atoms with Crippen LogP contribution in [0.1, 0.15) is 5.69 Å². The molecule has 2 heterocycles. The molecule has 1 aliphatic rings. The number of hydrogen-bond acceptors (Lipinski definition) is 4. The van der Waals surface area contributed by atoms with Gasteiger partial charge in [-0.05, 0) is 19.1 Å². The molecule has 1 aromatic carbocycles. The number of fused-ring (bicyclic) bond motifs is 1. The highest BCUT2D eigenvalue weighted by molar-refractivity contribution is 5.92. The van der Waals surface area contributed by atoms with Gasteiger partial charge >= 0.3 is 0 Å². The van der Waals surface area contributed by atoms with E-state index in [0.717, 1.165) is 50.5 Å². The Labute approximate surface area is 120 Å². The number of rotatable bonds is 3. The summed E-state index contributed by atoms with van der Waals surface area (Å²) in [5.74, 6) is 0. The van der Waals surface area contributed by atoms with Crippen LogP contribution >= 0.6 is 0 Å². The highest BCUT2D eigenvalue weighted by Crippen LogP contribution is 2.27. The van der Waals surface area contributed by atoms with Crippen molar-refractivity contribution in [1.29, 1.82) is 0 Å². The fourth-order valence-corrected chi connectivity index (χ4v) is 2.94. The SMILES string of the molecule is Cc1cc(N2CCN(CCN)CC2)c2ccccc2n1. The van der Waals surface area contributed by atoms with Crippen molar-refractivity contribution < 1.29 is 0 Å². The third-order valence-electron chi connectivity index (χ3n) is 3.98. The number of nitrogens with two attached hydrogens (primary N) is 1. The number of anilines is 1. The molecule has 0 unspecified atom stereocenters. The molecule has 20 heavy (non-hydrogen) atoms. The van der Waals surface area contributed by atoms with Crippen LogP contribution in [0.5, 0.6) is 0 Å². The standard InChI is InChI=1S/C16H22N4/c1-13-12-16(14-4-2-3-5-15(14)18-13)20-10-8-19(7-6-17)9-11-20/h2-5,12H,6-11,17H2,1H3. The number of para-hydroxylation sites is 1. The van der Waals surface area contributed by atoms with Crippen LogP contribution in [0.4, 0.5) is 5.69 Å². The summed E-state index contributed by atoms with van der Waals surface area (Å²) in [4.78, 5) is 9.54. The second kappa shape index (κ2) is 5.77. The molecule has 0 spiro atoms. The van der Waals surface area contributed by atoms with Gasteiger partial charge < -0.3 is 10.6 Å². The van der Waals surface area contributed by atoms with Crippen molar-refractivity contribution >= 4 is 16.6 Å². The molecule has 0 aliphatic carbocycles. The van der Waals surface area contributed by atoms with Crippen LogP contribution in [0.2, 0.25) is 0 Å². The minimum absolute atomic E-state index is 0.747. The van der Waals surface area contributed by atoms with E-state index >= 15 is 0 Å². The molecule has 0 atom stereocenters. The quantitative estimate of drug-likeness (QED) is 0.920. The van der Waals surface area contributed by atoms with Gasteiger partial charge in [0.25, 0.3) is 0 Å². The predicted octanol–water partition coefficient (Wildman–Crippen LogP) is 1.62. The normalized spacial score (nSPS) is 16.8. The highest BCUT2D eigenvalue weighted by Gasteiger charge is 2.18.